The standard InChI is InChI=1S/C8H4ClF5/c9-7(10,11)5-1-3-6(4-2-5)8(12,13)14/h1-4H. The van der Waals surface area contributed by atoms with Crippen molar-refractivity contribution in [3.05, 3.63) is 35.4 Å². The highest BCUT2D eigenvalue weighted by molar-refractivity contribution is 6.21. The number of alkyl halides is 6. The number of rotatable bonds is 1. The zero-order chi connectivity index (χ0) is 11.0. The van der Waals surface area contributed by atoms with Gasteiger partial charge in [-0.3, -0.25) is 0 Å². The maximum absolute atomic E-state index is 12.4. The molecular formula is C8H4ClF5. The molecule has 0 aliphatic rings. The normalized spacial score (nSPS) is 13.0. The largest absolute Gasteiger partial charge is 0.416 e. The summed E-state index contributed by atoms with van der Waals surface area (Å²) in [5, 5.41) is -3.63. The second-order valence-electron chi connectivity index (χ2n) is 2.57. The van der Waals surface area contributed by atoms with Gasteiger partial charge in [0, 0.05) is 5.56 Å². The lowest BCUT2D eigenvalue weighted by Gasteiger charge is -2.10. The predicted octanol–water partition coefficient (Wildman–Crippen LogP) is 3.99. The van der Waals surface area contributed by atoms with Gasteiger partial charge in [-0.1, -0.05) is 12.1 Å². The van der Waals surface area contributed by atoms with E-state index in [-0.39, 0.29) is 0 Å². The van der Waals surface area contributed by atoms with Gasteiger partial charge in [0.15, 0.2) is 0 Å². The monoisotopic (exact) mass is 230 g/mol. The SMILES string of the molecule is FC(F)(F)c1ccc(C(F)(F)Cl)cc1. The third-order valence-corrected chi connectivity index (χ3v) is 1.76. The Balaban J connectivity index is 3.02. The average Bonchev–Trinajstić information content (AvgIpc) is 2.01. The van der Waals surface area contributed by atoms with Gasteiger partial charge in [0.25, 0.3) is 0 Å². The average molecular weight is 231 g/mol. The molecule has 1 rings (SSSR count). The molecule has 0 unspecified atom stereocenters. The molecule has 0 nitrogen and oxygen atoms in total. The van der Waals surface area contributed by atoms with Crippen LogP contribution in [-0.4, -0.2) is 0 Å². The lowest BCUT2D eigenvalue weighted by Crippen LogP contribution is -2.07. The third kappa shape index (κ3) is 2.57. The molecule has 78 valence electrons. The maximum atomic E-state index is 12.4. The molecule has 0 radical (unpaired) electrons. The quantitative estimate of drug-likeness (QED) is 0.505. The van der Waals surface area contributed by atoms with Crippen LogP contribution in [0.3, 0.4) is 0 Å². The summed E-state index contributed by atoms with van der Waals surface area (Å²) in [5.41, 5.74) is -1.64. The zero-order valence-electron chi connectivity index (χ0n) is 6.58. The van der Waals surface area contributed by atoms with Crippen molar-refractivity contribution in [3.8, 4) is 0 Å². The number of benzene rings is 1. The zero-order valence-corrected chi connectivity index (χ0v) is 7.33. The molecule has 0 heterocycles. The minimum atomic E-state index is -4.53. The molecule has 0 saturated heterocycles. The van der Waals surface area contributed by atoms with Gasteiger partial charge in [-0.2, -0.15) is 22.0 Å². The van der Waals surface area contributed by atoms with Gasteiger partial charge in [-0.15, -0.1) is 0 Å². The van der Waals surface area contributed by atoms with Crippen molar-refractivity contribution in [2.75, 3.05) is 0 Å². The summed E-state index contributed by atoms with van der Waals surface area (Å²) >= 11 is 4.61. The molecule has 0 bridgehead atoms. The van der Waals surface area contributed by atoms with Crippen LogP contribution in [-0.2, 0) is 11.6 Å². The number of hydrogen-bond donors (Lipinski definition) is 0. The Morgan fingerprint density at radius 2 is 1.14 bits per heavy atom. The second kappa shape index (κ2) is 3.38. The smallest absolute Gasteiger partial charge is 0.183 e. The lowest BCUT2D eigenvalue weighted by molar-refractivity contribution is -0.137. The summed E-state index contributed by atoms with van der Waals surface area (Å²) in [6, 6.07) is 2.42. The Hall–Kier alpha value is -0.840. The summed E-state index contributed by atoms with van der Waals surface area (Å²) < 4.78 is 60.7. The molecule has 0 saturated carbocycles. The number of hydrogen-bond acceptors (Lipinski definition) is 0. The first-order valence-corrected chi connectivity index (χ1v) is 3.83. The first-order valence-electron chi connectivity index (χ1n) is 3.46. The van der Waals surface area contributed by atoms with Gasteiger partial charge in [-0.25, -0.2) is 0 Å². The molecule has 0 spiro atoms. The van der Waals surface area contributed by atoms with E-state index in [1.165, 1.54) is 0 Å². The fourth-order valence-corrected chi connectivity index (χ4v) is 0.974. The van der Waals surface area contributed by atoms with Gasteiger partial charge >= 0.3 is 11.6 Å². The van der Waals surface area contributed by atoms with Crippen LogP contribution in [0.2, 0.25) is 0 Å². The van der Waals surface area contributed by atoms with E-state index in [4.69, 9.17) is 0 Å². The van der Waals surface area contributed by atoms with Crippen molar-refractivity contribution < 1.29 is 22.0 Å². The molecule has 0 amide bonds. The van der Waals surface area contributed by atoms with Crippen LogP contribution in [0.15, 0.2) is 24.3 Å². The van der Waals surface area contributed by atoms with E-state index >= 15 is 0 Å². The summed E-state index contributed by atoms with van der Waals surface area (Å²) in [4.78, 5) is 0. The summed E-state index contributed by atoms with van der Waals surface area (Å²) in [5.74, 6) is 0. The number of halogens is 6. The van der Waals surface area contributed by atoms with Crippen molar-refractivity contribution in [1.29, 1.82) is 0 Å². The van der Waals surface area contributed by atoms with E-state index in [1.807, 2.05) is 0 Å². The second-order valence-corrected chi connectivity index (χ2v) is 3.05. The van der Waals surface area contributed by atoms with Crippen molar-refractivity contribution in [2.24, 2.45) is 0 Å². The minimum absolute atomic E-state index is 0.561. The van der Waals surface area contributed by atoms with E-state index in [2.05, 4.69) is 11.6 Å². The van der Waals surface area contributed by atoms with Crippen LogP contribution in [0, 0.1) is 0 Å². The fourth-order valence-electron chi connectivity index (χ4n) is 0.848. The first-order chi connectivity index (χ1) is 6.21. The van der Waals surface area contributed by atoms with E-state index in [1.54, 1.807) is 0 Å². The molecule has 14 heavy (non-hydrogen) atoms. The molecule has 0 N–H and O–H groups in total. The maximum Gasteiger partial charge on any atom is 0.416 e. The van der Waals surface area contributed by atoms with Crippen LogP contribution in [0.1, 0.15) is 11.1 Å². The molecule has 0 fully saturated rings. The predicted molar refractivity (Wildman–Crippen MR) is 41.2 cm³/mol. The highest BCUT2D eigenvalue weighted by Gasteiger charge is 2.32. The van der Waals surface area contributed by atoms with Crippen LogP contribution in [0.4, 0.5) is 22.0 Å². The molecule has 6 heteroatoms. The Kier molecular flexibility index (Phi) is 2.71. The Morgan fingerprint density at radius 3 is 1.43 bits per heavy atom. The molecular weight excluding hydrogens is 227 g/mol. The molecule has 0 aromatic heterocycles. The Labute approximate surface area is 81.3 Å². The summed E-state index contributed by atoms with van der Waals surface area (Å²) in [6.45, 7) is 0. The van der Waals surface area contributed by atoms with E-state index in [9.17, 15) is 22.0 Å². The van der Waals surface area contributed by atoms with Crippen molar-refractivity contribution in [2.45, 2.75) is 11.6 Å². The highest BCUT2D eigenvalue weighted by atomic mass is 35.5. The van der Waals surface area contributed by atoms with E-state index < -0.39 is 22.7 Å². The van der Waals surface area contributed by atoms with Crippen molar-refractivity contribution >= 4 is 11.6 Å². The molecule has 1 aromatic rings. The van der Waals surface area contributed by atoms with Gasteiger partial charge in [0.2, 0.25) is 0 Å². The molecule has 1 aromatic carbocycles. The van der Waals surface area contributed by atoms with Crippen LogP contribution >= 0.6 is 11.6 Å². The summed E-state index contributed by atoms with van der Waals surface area (Å²) in [7, 11) is 0. The van der Waals surface area contributed by atoms with Gasteiger partial charge in [0.05, 0.1) is 5.56 Å². The van der Waals surface area contributed by atoms with Gasteiger partial charge in [-0.05, 0) is 23.7 Å². The van der Waals surface area contributed by atoms with Gasteiger partial charge < -0.3 is 0 Å². The minimum Gasteiger partial charge on any atom is -0.183 e. The van der Waals surface area contributed by atoms with E-state index in [0.717, 1.165) is 0 Å². The van der Waals surface area contributed by atoms with Gasteiger partial charge in [0.1, 0.15) is 0 Å². The molecule has 0 aliphatic heterocycles. The van der Waals surface area contributed by atoms with Crippen molar-refractivity contribution in [1.82, 2.24) is 0 Å². The van der Waals surface area contributed by atoms with Crippen LogP contribution in [0.5, 0.6) is 0 Å². The highest BCUT2D eigenvalue weighted by Crippen LogP contribution is 2.35. The first kappa shape index (κ1) is 11.2. The Bertz CT molecular complexity index is 275. The summed E-state index contributed by atoms with van der Waals surface area (Å²) in [6.07, 6.45) is -4.53. The fraction of sp³-hybridized carbons (Fsp3) is 0.250. The Morgan fingerprint density at radius 1 is 0.786 bits per heavy atom. The lowest BCUT2D eigenvalue weighted by atomic mass is 10.1. The van der Waals surface area contributed by atoms with Crippen LogP contribution in [0.25, 0.3) is 0 Å². The van der Waals surface area contributed by atoms with Crippen molar-refractivity contribution in [3.63, 3.8) is 0 Å². The van der Waals surface area contributed by atoms with Crippen LogP contribution < -0.4 is 0 Å². The molecule has 0 aliphatic carbocycles. The van der Waals surface area contributed by atoms with E-state index in [0.29, 0.717) is 24.3 Å². The molecule has 0 atom stereocenters. The topological polar surface area (TPSA) is 0 Å². The third-order valence-electron chi connectivity index (χ3n) is 1.54.